The van der Waals surface area contributed by atoms with E-state index in [1.54, 1.807) is 35.2 Å². The molecular weight excluding hydrogens is 488 g/mol. The first-order chi connectivity index (χ1) is 16.6. The summed E-state index contributed by atoms with van der Waals surface area (Å²) in [5.74, 6) is 0. The normalized spacial score (nSPS) is 18.9. The van der Waals surface area contributed by atoms with Crippen molar-refractivity contribution in [1.29, 1.82) is 0 Å². The molecule has 2 aromatic carbocycles. The van der Waals surface area contributed by atoms with Crippen LogP contribution in [0.25, 0.3) is 0 Å². The molecule has 0 saturated carbocycles. The molecule has 0 unspecified atom stereocenters. The monoisotopic (exact) mass is 520 g/mol. The van der Waals surface area contributed by atoms with Gasteiger partial charge in [0, 0.05) is 45.0 Å². The van der Waals surface area contributed by atoms with Gasteiger partial charge in [0.25, 0.3) is 10.0 Å². The molecular formula is C24H32N4O5S2. The standard InChI is InChI=1S/C24H32N4O5S2/c1-34(30,31)23-10-6-5-7-20(23)19-26-13-11-21(12-14-26)27-15-17-28(18-16-27)24(29)25-35(32,33)22-8-3-2-4-9-22/h2-10,21H,11-19H2,1H3,(H,25,29). The Balaban J connectivity index is 1.25. The number of hydrogen-bond donors (Lipinski definition) is 1. The molecule has 2 aromatic rings. The van der Waals surface area contributed by atoms with Crippen LogP contribution in [0, 0.1) is 0 Å². The summed E-state index contributed by atoms with van der Waals surface area (Å²) in [6, 6.07) is 14.9. The first-order valence-corrected chi connectivity index (χ1v) is 15.1. The van der Waals surface area contributed by atoms with Crippen LogP contribution in [0.3, 0.4) is 0 Å². The summed E-state index contributed by atoms with van der Waals surface area (Å²) in [6.07, 6.45) is 3.18. The average Bonchev–Trinajstić information content (AvgIpc) is 2.85. The van der Waals surface area contributed by atoms with E-state index in [-0.39, 0.29) is 4.90 Å². The van der Waals surface area contributed by atoms with Gasteiger partial charge in [0.2, 0.25) is 0 Å². The summed E-state index contributed by atoms with van der Waals surface area (Å²) in [5.41, 5.74) is 0.832. The van der Waals surface area contributed by atoms with E-state index in [9.17, 15) is 21.6 Å². The Morgan fingerprint density at radius 2 is 1.46 bits per heavy atom. The van der Waals surface area contributed by atoms with Crippen LogP contribution >= 0.6 is 0 Å². The number of nitrogens with one attached hydrogen (secondary N) is 1. The van der Waals surface area contributed by atoms with Crippen molar-refractivity contribution in [3.8, 4) is 0 Å². The second-order valence-electron chi connectivity index (χ2n) is 9.13. The third-order valence-electron chi connectivity index (χ3n) is 6.72. The van der Waals surface area contributed by atoms with Gasteiger partial charge in [-0.15, -0.1) is 0 Å². The number of amides is 2. The number of piperazine rings is 1. The number of piperidine rings is 1. The zero-order chi connectivity index (χ0) is 25.1. The number of carbonyl (C=O) groups is 1. The molecule has 2 aliphatic rings. The third-order valence-corrected chi connectivity index (χ3v) is 9.25. The summed E-state index contributed by atoms with van der Waals surface area (Å²) >= 11 is 0. The van der Waals surface area contributed by atoms with Gasteiger partial charge in [-0.1, -0.05) is 36.4 Å². The molecule has 0 spiro atoms. The summed E-state index contributed by atoms with van der Waals surface area (Å²) < 4.78 is 51.2. The van der Waals surface area contributed by atoms with E-state index < -0.39 is 25.9 Å². The molecule has 2 heterocycles. The van der Waals surface area contributed by atoms with E-state index in [4.69, 9.17) is 0 Å². The molecule has 0 atom stereocenters. The quantitative estimate of drug-likeness (QED) is 0.619. The van der Waals surface area contributed by atoms with Gasteiger partial charge in [-0.2, -0.15) is 0 Å². The predicted molar refractivity (Wildman–Crippen MR) is 133 cm³/mol. The SMILES string of the molecule is CS(=O)(=O)c1ccccc1CN1CCC(N2CCN(C(=O)NS(=O)(=O)c3ccccc3)CC2)CC1. The fraction of sp³-hybridized carbons (Fsp3) is 0.458. The number of likely N-dealkylation sites (tertiary alicyclic amines) is 1. The summed E-state index contributed by atoms with van der Waals surface area (Å²) in [5, 5.41) is 0. The van der Waals surface area contributed by atoms with Gasteiger partial charge in [0.15, 0.2) is 9.84 Å². The van der Waals surface area contributed by atoms with Gasteiger partial charge >= 0.3 is 6.03 Å². The van der Waals surface area contributed by atoms with Gasteiger partial charge in [-0.25, -0.2) is 26.4 Å². The van der Waals surface area contributed by atoms with E-state index in [2.05, 4.69) is 14.5 Å². The molecule has 2 amide bonds. The van der Waals surface area contributed by atoms with Crippen LogP contribution in [-0.4, -0.2) is 89.1 Å². The molecule has 35 heavy (non-hydrogen) atoms. The Bertz CT molecular complexity index is 1240. The van der Waals surface area contributed by atoms with Crippen molar-refractivity contribution >= 4 is 25.9 Å². The van der Waals surface area contributed by atoms with Crippen LogP contribution in [0.4, 0.5) is 4.79 Å². The zero-order valence-corrected chi connectivity index (χ0v) is 21.5. The largest absolute Gasteiger partial charge is 0.331 e. The molecule has 0 aliphatic carbocycles. The number of sulfonamides is 1. The summed E-state index contributed by atoms with van der Waals surface area (Å²) in [6.45, 7) is 4.69. The first-order valence-electron chi connectivity index (χ1n) is 11.7. The molecule has 0 bridgehead atoms. The van der Waals surface area contributed by atoms with Crippen molar-refractivity contribution in [2.75, 3.05) is 45.5 Å². The van der Waals surface area contributed by atoms with Gasteiger partial charge in [0.1, 0.15) is 0 Å². The fourth-order valence-corrected chi connectivity index (χ4v) is 6.73. The number of carbonyl (C=O) groups excluding carboxylic acids is 1. The second-order valence-corrected chi connectivity index (χ2v) is 12.8. The van der Waals surface area contributed by atoms with Crippen molar-refractivity contribution in [2.24, 2.45) is 0 Å². The Morgan fingerprint density at radius 3 is 2.09 bits per heavy atom. The number of hydrogen-bond acceptors (Lipinski definition) is 7. The lowest BCUT2D eigenvalue weighted by Gasteiger charge is -2.42. The Morgan fingerprint density at radius 1 is 0.857 bits per heavy atom. The summed E-state index contributed by atoms with van der Waals surface area (Å²) in [4.78, 5) is 19.2. The smallest absolute Gasteiger partial charge is 0.321 e. The number of nitrogens with zero attached hydrogens (tertiary/aromatic N) is 3. The van der Waals surface area contributed by atoms with Crippen LogP contribution in [0.15, 0.2) is 64.4 Å². The topological polar surface area (TPSA) is 107 Å². The molecule has 9 nitrogen and oxygen atoms in total. The molecule has 4 rings (SSSR count). The lowest BCUT2D eigenvalue weighted by Crippen LogP contribution is -2.56. The lowest BCUT2D eigenvalue weighted by molar-refractivity contribution is 0.0675. The van der Waals surface area contributed by atoms with Crippen LogP contribution in [0.1, 0.15) is 18.4 Å². The molecule has 11 heteroatoms. The highest BCUT2D eigenvalue weighted by Gasteiger charge is 2.30. The molecule has 0 aromatic heterocycles. The second kappa shape index (κ2) is 10.7. The predicted octanol–water partition coefficient (Wildman–Crippen LogP) is 1.77. The van der Waals surface area contributed by atoms with Gasteiger partial charge in [0.05, 0.1) is 9.79 Å². The lowest BCUT2D eigenvalue weighted by atomic mass is 10.0. The first kappa shape index (κ1) is 25.6. The minimum atomic E-state index is -3.89. The summed E-state index contributed by atoms with van der Waals surface area (Å²) in [7, 11) is -7.15. The number of rotatable bonds is 6. The van der Waals surface area contributed by atoms with E-state index in [0.29, 0.717) is 43.7 Å². The van der Waals surface area contributed by atoms with Crippen molar-refractivity contribution in [3.63, 3.8) is 0 Å². The minimum Gasteiger partial charge on any atom is -0.321 e. The van der Waals surface area contributed by atoms with E-state index in [1.807, 2.05) is 12.1 Å². The molecule has 2 saturated heterocycles. The molecule has 1 N–H and O–H groups in total. The van der Waals surface area contributed by atoms with Crippen LogP contribution in [-0.2, 0) is 26.4 Å². The van der Waals surface area contributed by atoms with Crippen LogP contribution in [0.2, 0.25) is 0 Å². The highest BCUT2D eigenvalue weighted by Crippen LogP contribution is 2.23. The highest BCUT2D eigenvalue weighted by atomic mass is 32.2. The van der Waals surface area contributed by atoms with Crippen LogP contribution < -0.4 is 4.72 Å². The van der Waals surface area contributed by atoms with E-state index in [0.717, 1.165) is 31.5 Å². The maximum Gasteiger partial charge on any atom is 0.331 e. The zero-order valence-electron chi connectivity index (χ0n) is 19.8. The van der Waals surface area contributed by atoms with Crippen molar-refractivity contribution < 1.29 is 21.6 Å². The minimum absolute atomic E-state index is 0.0675. The van der Waals surface area contributed by atoms with Crippen molar-refractivity contribution in [1.82, 2.24) is 19.4 Å². The molecule has 0 radical (unpaired) electrons. The number of urea groups is 1. The van der Waals surface area contributed by atoms with Gasteiger partial charge in [-0.3, -0.25) is 9.80 Å². The molecule has 2 fully saturated rings. The van der Waals surface area contributed by atoms with Crippen molar-refractivity contribution in [3.05, 3.63) is 60.2 Å². The number of sulfone groups is 1. The Kier molecular flexibility index (Phi) is 7.80. The Labute approximate surface area is 207 Å². The average molecular weight is 521 g/mol. The number of benzene rings is 2. The maximum absolute atomic E-state index is 12.6. The van der Waals surface area contributed by atoms with Gasteiger partial charge < -0.3 is 4.90 Å². The van der Waals surface area contributed by atoms with E-state index >= 15 is 0 Å². The van der Waals surface area contributed by atoms with Crippen molar-refractivity contribution in [2.45, 2.75) is 35.2 Å². The molecule has 190 valence electrons. The van der Waals surface area contributed by atoms with E-state index in [1.165, 1.54) is 18.4 Å². The van der Waals surface area contributed by atoms with Crippen LogP contribution in [0.5, 0.6) is 0 Å². The Hall–Kier alpha value is -2.47. The molecule has 2 aliphatic heterocycles. The highest BCUT2D eigenvalue weighted by molar-refractivity contribution is 7.90. The van der Waals surface area contributed by atoms with Gasteiger partial charge in [-0.05, 0) is 49.7 Å². The fourth-order valence-electron chi connectivity index (χ4n) is 4.81. The maximum atomic E-state index is 12.6. The third kappa shape index (κ3) is 6.40.